The standard InChI is InChI=1S/C10H12BrNO4/c1-16-9-4-6(11)5(3-8(9)13)2-7(12)10(14)15/h3-4,7,13H,2,12H2,1H3,(H,14,15). The van der Waals surface area contributed by atoms with E-state index in [1.165, 1.54) is 13.2 Å². The molecule has 1 aromatic carbocycles. The van der Waals surface area contributed by atoms with E-state index in [0.29, 0.717) is 15.8 Å². The van der Waals surface area contributed by atoms with E-state index >= 15 is 0 Å². The molecule has 16 heavy (non-hydrogen) atoms. The van der Waals surface area contributed by atoms with Gasteiger partial charge < -0.3 is 20.7 Å². The van der Waals surface area contributed by atoms with Gasteiger partial charge in [-0.1, -0.05) is 15.9 Å². The zero-order valence-corrected chi connectivity index (χ0v) is 10.2. The third-order valence-corrected chi connectivity index (χ3v) is 2.84. The van der Waals surface area contributed by atoms with Crippen molar-refractivity contribution in [1.29, 1.82) is 0 Å². The Kier molecular flexibility index (Phi) is 4.14. The molecule has 1 atom stereocenters. The summed E-state index contributed by atoms with van der Waals surface area (Å²) in [5.41, 5.74) is 6.02. The maximum atomic E-state index is 10.6. The number of aromatic hydroxyl groups is 1. The first-order valence-electron chi connectivity index (χ1n) is 4.49. The molecule has 0 spiro atoms. The molecule has 0 aliphatic carbocycles. The summed E-state index contributed by atoms with van der Waals surface area (Å²) in [4.78, 5) is 10.6. The molecule has 0 amide bonds. The summed E-state index contributed by atoms with van der Waals surface area (Å²) in [5, 5.41) is 18.2. The van der Waals surface area contributed by atoms with E-state index in [1.54, 1.807) is 6.07 Å². The third kappa shape index (κ3) is 2.86. The number of benzene rings is 1. The fourth-order valence-corrected chi connectivity index (χ4v) is 1.72. The van der Waals surface area contributed by atoms with Crippen LogP contribution in [0.5, 0.6) is 11.5 Å². The molecule has 0 heterocycles. The molecule has 1 aromatic rings. The molecule has 0 fully saturated rings. The molecule has 0 aliphatic heterocycles. The van der Waals surface area contributed by atoms with Crippen LogP contribution in [0, 0.1) is 0 Å². The van der Waals surface area contributed by atoms with Crippen molar-refractivity contribution in [1.82, 2.24) is 0 Å². The Morgan fingerprint density at radius 3 is 2.75 bits per heavy atom. The average Bonchev–Trinajstić information content (AvgIpc) is 2.22. The van der Waals surface area contributed by atoms with Crippen LogP contribution < -0.4 is 10.5 Å². The van der Waals surface area contributed by atoms with Crippen molar-refractivity contribution in [2.24, 2.45) is 5.73 Å². The largest absolute Gasteiger partial charge is 0.504 e. The van der Waals surface area contributed by atoms with Crippen LogP contribution in [0.15, 0.2) is 16.6 Å². The van der Waals surface area contributed by atoms with Crippen LogP contribution in [0.3, 0.4) is 0 Å². The van der Waals surface area contributed by atoms with Gasteiger partial charge >= 0.3 is 5.97 Å². The number of halogens is 1. The molecule has 0 bridgehead atoms. The topological polar surface area (TPSA) is 92.8 Å². The van der Waals surface area contributed by atoms with Crippen LogP contribution in [0.4, 0.5) is 0 Å². The first-order chi connectivity index (χ1) is 7.45. The Morgan fingerprint density at radius 1 is 1.62 bits per heavy atom. The van der Waals surface area contributed by atoms with Gasteiger partial charge in [0.05, 0.1) is 7.11 Å². The van der Waals surface area contributed by atoms with Crippen LogP contribution in [0.25, 0.3) is 0 Å². The van der Waals surface area contributed by atoms with E-state index in [4.69, 9.17) is 15.6 Å². The second-order valence-corrected chi connectivity index (χ2v) is 4.12. The Labute approximate surface area is 101 Å². The van der Waals surface area contributed by atoms with Gasteiger partial charge in [0.25, 0.3) is 0 Å². The number of aliphatic carboxylic acids is 1. The van der Waals surface area contributed by atoms with Gasteiger partial charge in [-0.15, -0.1) is 0 Å². The summed E-state index contributed by atoms with van der Waals surface area (Å²) in [6.07, 6.45) is 0.132. The van der Waals surface area contributed by atoms with Crippen molar-refractivity contribution in [3.05, 3.63) is 22.2 Å². The highest BCUT2D eigenvalue weighted by Crippen LogP contribution is 2.32. The Hall–Kier alpha value is -1.27. The van der Waals surface area contributed by atoms with Gasteiger partial charge in [0.2, 0.25) is 0 Å². The lowest BCUT2D eigenvalue weighted by molar-refractivity contribution is -0.138. The van der Waals surface area contributed by atoms with E-state index in [1.807, 2.05) is 0 Å². The number of carboxylic acid groups (broad SMARTS) is 1. The van der Waals surface area contributed by atoms with Gasteiger partial charge in [-0.3, -0.25) is 4.79 Å². The van der Waals surface area contributed by atoms with E-state index in [9.17, 15) is 9.90 Å². The van der Waals surface area contributed by atoms with Gasteiger partial charge in [-0.2, -0.15) is 0 Å². The van der Waals surface area contributed by atoms with Crippen molar-refractivity contribution in [2.45, 2.75) is 12.5 Å². The Bertz CT molecular complexity index is 408. The van der Waals surface area contributed by atoms with Gasteiger partial charge in [-0.25, -0.2) is 0 Å². The van der Waals surface area contributed by atoms with E-state index < -0.39 is 12.0 Å². The summed E-state index contributed by atoms with van der Waals surface area (Å²) in [7, 11) is 1.43. The second-order valence-electron chi connectivity index (χ2n) is 3.26. The van der Waals surface area contributed by atoms with E-state index in [2.05, 4.69) is 15.9 Å². The van der Waals surface area contributed by atoms with Gasteiger partial charge in [0.15, 0.2) is 11.5 Å². The minimum Gasteiger partial charge on any atom is -0.504 e. The van der Waals surface area contributed by atoms with E-state index in [-0.39, 0.29) is 12.2 Å². The molecule has 1 rings (SSSR count). The minimum atomic E-state index is -1.08. The molecule has 0 aliphatic rings. The fraction of sp³-hybridized carbons (Fsp3) is 0.300. The molecule has 0 radical (unpaired) electrons. The summed E-state index contributed by atoms with van der Waals surface area (Å²) >= 11 is 3.26. The van der Waals surface area contributed by atoms with Crippen LogP contribution >= 0.6 is 15.9 Å². The number of nitrogens with two attached hydrogens (primary N) is 1. The van der Waals surface area contributed by atoms with Crippen molar-refractivity contribution < 1.29 is 19.7 Å². The molecule has 5 nitrogen and oxygen atoms in total. The minimum absolute atomic E-state index is 0.0433. The number of carboxylic acids is 1. The number of methoxy groups -OCH3 is 1. The van der Waals surface area contributed by atoms with Crippen LogP contribution in [0.2, 0.25) is 0 Å². The zero-order valence-electron chi connectivity index (χ0n) is 8.61. The molecule has 0 saturated heterocycles. The molecular formula is C10H12BrNO4. The number of ether oxygens (including phenoxy) is 1. The smallest absolute Gasteiger partial charge is 0.320 e. The third-order valence-electron chi connectivity index (χ3n) is 2.10. The SMILES string of the molecule is COc1cc(Br)c(CC(N)C(=O)O)cc1O. The van der Waals surface area contributed by atoms with Gasteiger partial charge in [0, 0.05) is 4.47 Å². The maximum Gasteiger partial charge on any atom is 0.320 e. The van der Waals surface area contributed by atoms with Crippen LogP contribution in [0.1, 0.15) is 5.56 Å². The molecule has 4 N–H and O–H groups in total. The molecular weight excluding hydrogens is 278 g/mol. The molecule has 0 aromatic heterocycles. The first-order valence-corrected chi connectivity index (χ1v) is 5.28. The summed E-state index contributed by atoms with van der Waals surface area (Å²) in [6.45, 7) is 0. The zero-order chi connectivity index (χ0) is 12.3. The predicted molar refractivity (Wildman–Crippen MR) is 61.7 cm³/mol. The van der Waals surface area contributed by atoms with Gasteiger partial charge in [-0.05, 0) is 24.1 Å². The highest BCUT2D eigenvalue weighted by atomic mass is 79.9. The van der Waals surface area contributed by atoms with Crippen molar-refractivity contribution >= 4 is 21.9 Å². The number of phenolic OH excluding ortho intramolecular Hbond substituents is 1. The average molecular weight is 290 g/mol. The van der Waals surface area contributed by atoms with Crippen LogP contribution in [-0.2, 0) is 11.2 Å². The van der Waals surface area contributed by atoms with Gasteiger partial charge in [0.1, 0.15) is 6.04 Å². The highest BCUT2D eigenvalue weighted by molar-refractivity contribution is 9.10. The van der Waals surface area contributed by atoms with Crippen LogP contribution in [-0.4, -0.2) is 29.3 Å². The molecule has 6 heteroatoms. The maximum absolute atomic E-state index is 10.6. The highest BCUT2D eigenvalue weighted by Gasteiger charge is 2.16. The molecule has 88 valence electrons. The lowest BCUT2D eigenvalue weighted by Gasteiger charge is -2.11. The lowest BCUT2D eigenvalue weighted by Crippen LogP contribution is -2.32. The number of hydrogen-bond donors (Lipinski definition) is 3. The summed E-state index contributed by atoms with van der Waals surface area (Å²) in [5.74, 6) is -0.806. The van der Waals surface area contributed by atoms with Crippen molar-refractivity contribution in [2.75, 3.05) is 7.11 Å². The number of rotatable bonds is 4. The second kappa shape index (κ2) is 5.18. The Balaban J connectivity index is 2.98. The number of carbonyl (C=O) groups is 1. The molecule has 0 saturated carbocycles. The monoisotopic (exact) mass is 289 g/mol. The predicted octanol–water partition coefficient (Wildman–Crippen LogP) is 1.12. The fourth-order valence-electron chi connectivity index (χ4n) is 1.23. The Morgan fingerprint density at radius 2 is 2.25 bits per heavy atom. The quantitative estimate of drug-likeness (QED) is 0.772. The van der Waals surface area contributed by atoms with Crippen molar-refractivity contribution in [3.8, 4) is 11.5 Å². The van der Waals surface area contributed by atoms with E-state index in [0.717, 1.165) is 0 Å². The summed E-state index contributed by atoms with van der Waals surface area (Å²) < 4.78 is 5.56. The molecule has 1 unspecified atom stereocenters. The lowest BCUT2D eigenvalue weighted by atomic mass is 10.1. The number of hydrogen-bond acceptors (Lipinski definition) is 4. The number of phenols is 1. The first kappa shape index (κ1) is 12.8. The van der Waals surface area contributed by atoms with Crippen molar-refractivity contribution in [3.63, 3.8) is 0 Å². The normalized spacial score (nSPS) is 12.2. The summed E-state index contributed by atoms with van der Waals surface area (Å²) in [6, 6.07) is 2.01.